The highest BCUT2D eigenvalue weighted by molar-refractivity contribution is 6.06. The average Bonchev–Trinajstić information content (AvgIpc) is 2.87. The zero-order valence-corrected chi connectivity index (χ0v) is 15.5. The number of carbonyl (C=O) groups is 1. The molecule has 2 aromatic carbocycles. The zero-order chi connectivity index (χ0) is 18.8. The van der Waals surface area contributed by atoms with Gasteiger partial charge in [-0.3, -0.25) is 4.79 Å². The molecule has 1 amide bonds. The molecule has 0 saturated carbocycles. The molecule has 1 heterocycles. The first-order valence-electron chi connectivity index (χ1n) is 8.59. The lowest BCUT2D eigenvalue weighted by Crippen LogP contribution is -2.15. The molecule has 0 saturated heterocycles. The minimum Gasteiger partial charge on any atom is -0.461 e. The summed E-state index contributed by atoms with van der Waals surface area (Å²) in [5.41, 5.74) is 3.73. The summed E-state index contributed by atoms with van der Waals surface area (Å²) in [6, 6.07) is 9.78. The van der Waals surface area contributed by atoms with Gasteiger partial charge in [0, 0.05) is 28.7 Å². The van der Waals surface area contributed by atoms with Crippen LogP contribution in [0.25, 0.3) is 11.0 Å². The van der Waals surface area contributed by atoms with Crippen LogP contribution >= 0.6 is 0 Å². The van der Waals surface area contributed by atoms with Crippen molar-refractivity contribution in [3.63, 3.8) is 0 Å². The molecule has 0 atom stereocenters. The van der Waals surface area contributed by atoms with Crippen LogP contribution in [0, 0.1) is 19.7 Å². The Kier molecular flexibility index (Phi) is 5.09. The fourth-order valence-corrected chi connectivity index (χ4v) is 3.08. The molecule has 1 aromatic heterocycles. The lowest BCUT2D eigenvalue weighted by atomic mass is 10.1. The van der Waals surface area contributed by atoms with Gasteiger partial charge in [-0.05, 0) is 76.3 Å². The summed E-state index contributed by atoms with van der Waals surface area (Å²) < 4.78 is 19.1. The van der Waals surface area contributed by atoms with E-state index in [2.05, 4.69) is 10.2 Å². The van der Waals surface area contributed by atoms with Crippen molar-refractivity contribution in [1.29, 1.82) is 0 Å². The van der Waals surface area contributed by atoms with E-state index in [1.165, 1.54) is 18.2 Å². The standard InChI is InChI=1S/C21H23FN2O2/c1-13-11-15(22)5-7-17(13)21(25)23-16-6-8-20-19(12-16)18(14(2)26-20)9-10-24(3)4/h5-8,11-12H,9-10H2,1-4H3,(H,23,25). The van der Waals surface area contributed by atoms with Crippen molar-refractivity contribution < 1.29 is 13.6 Å². The molecule has 0 fully saturated rings. The van der Waals surface area contributed by atoms with Gasteiger partial charge in [0.1, 0.15) is 17.2 Å². The van der Waals surface area contributed by atoms with Crippen LogP contribution in [0.4, 0.5) is 10.1 Å². The highest BCUT2D eigenvalue weighted by Gasteiger charge is 2.14. The fourth-order valence-electron chi connectivity index (χ4n) is 3.08. The van der Waals surface area contributed by atoms with E-state index in [1.54, 1.807) is 6.92 Å². The Morgan fingerprint density at radius 2 is 1.92 bits per heavy atom. The summed E-state index contributed by atoms with van der Waals surface area (Å²) in [4.78, 5) is 14.6. The Balaban J connectivity index is 1.88. The zero-order valence-electron chi connectivity index (χ0n) is 15.5. The number of nitrogens with zero attached hydrogens (tertiary/aromatic N) is 1. The third kappa shape index (κ3) is 3.78. The van der Waals surface area contributed by atoms with Gasteiger partial charge in [-0.15, -0.1) is 0 Å². The molecule has 0 spiro atoms. The normalized spacial score (nSPS) is 11.3. The van der Waals surface area contributed by atoms with E-state index in [9.17, 15) is 9.18 Å². The largest absolute Gasteiger partial charge is 0.461 e. The summed E-state index contributed by atoms with van der Waals surface area (Å²) in [6.45, 7) is 4.60. The Labute approximate surface area is 152 Å². The smallest absolute Gasteiger partial charge is 0.255 e. The van der Waals surface area contributed by atoms with Gasteiger partial charge < -0.3 is 14.6 Å². The van der Waals surface area contributed by atoms with Crippen LogP contribution in [-0.2, 0) is 6.42 Å². The minimum atomic E-state index is -0.347. The highest BCUT2D eigenvalue weighted by Crippen LogP contribution is 2.29. The van der Waals surface area contributed by atoms with E-state index in [4.69, 9.17) is 4.42 Å². The van der Waals surface area contributed by atoms with Gasteiger partial charge in [0.05, 0.1) is 0 Å². The molecule has 4 nitrogen and oxygen atoms in total. The van der Waals surface area contributed by atoms with Crippen LogP contribution < -0.4 is 5.32 Å². The molecular weight excluding hydrogens is 331 g/mol. The predicted molar refractivity (Wildman–Crippen MR) is 102 cm³/mol. The number of likely N-dealkylation sites (N-methyl/N-ethyl adjacent to an activating group) is 1. The maximum atomic E-state index is 13.2. The first-order chi connectivity index (χ1) is 12.3. The Morgan fingerprint density at radius 3 is 2.62 bits per heavy atom. The van der Waals surface area contributed by atoms with E-state index in [0.29, 0.717) is 16.8 Å². The first-order valence-corrected chi connectivity index (χ1v) is 8.59. The number of hydrogen-bond donors (Lipinski definition) is 1. The Hall–Kier alpha value is -2.66. The van der Waals surface area contributed by atoms with Crippen molar-refractivity contribution in [3.05, 3.63) is 64.7 Å². The maximum absolute atomic E-state index is 13.2. The summed E-state index contributed by atoms with van der Waals surface area (Å²) in [6.07, 6.45) is 0.875. The van der Waals surface area contributed by atoms with Crippen LogP contribution in [0.2, 0.25) is 0 Å². The van der Waals surface area contributed by atoms with Crippen molar-refractivity contribution in [2.45, 2.75) is 20.3 Å². The second-order valence-corrected chi connectivity index (χ2v) is 6.81. The van der Waals surface area contributed by atoms with Crippen LogP contribution in [0.1, 0.15) is 27.2 Å². The van der Waals surface area contributed by atoms with Gasteiger partial charge in [0.25, 0.3) is 5.91 Å². The molecule has 3 aromatic rings. The Bertz CT molecular complexity index is 960. The van der Waals surface area contributed by atoms with Crippen molar-refractivity contribution in [1.82, 2.24) is 4.90 Å². The van der Waals surface area contributed by atoms with Gasteiger partial charge in [0.15, 0.2) is 0 Å². The van der Waals surface area contributed by atoms with E-state index < -0.39 is 0 Å². The third-order valence-electron chi connectivity index (χ3n) is 4.49. The third-order valence-corrected chi connectivity index (χ3v) is 4.49. The number of benzene rings is 2. The number of carbonyl (C=O) groups excluding carboxylic acids is 1. The molecule has 1 N–H and O–H groups in total. The molecule has 3 rings (SSSR count). The number of furan rings is 1. The van der Waals surface area contributed by atoms with Crippen LogP contribution in [0.5, 0.6) is 0 Å². The number of aryl methyl sites for hydroxylation is 2. The molecule has 0 unspecified atom stereocenters. The van der Waals surface area contributed by atoms with Crippen LogP contribution in [0.3, 0.4) is 0 Å². The molecule has 0 bridgehead atoms. The van der Waals surface area contributed by atoms with Crippen molar-refractivity contribution in [2.24, 2.45) is 0 Å². The van der Waals surface area contributed by atoms with E-state index in [-0.39, 0.29) is 11.7 Å². The molecule has 0 aliphatic heterocycles. The van der Waals surface area contributed by atoms with E-state index in [1.807, 2.05) is 39.2 Å². The minimum absolute atomic E-state index is 0.253. The van der Waals surface area contributed by atoms with Crippen LogP contribution in [0.15, 0.2) is 40.8 Å². The van der Waals surface area contributed by atoms with Crippen molar-refractivity contribution in [3.8, 4) is 0 Å². The summed E-state index contributed by atoms with van der Waals surface area (Å²) >= 11 is 0. The second-order valence-electron chi connectivity index (χ2n) is 6.81. The maximum Gasteiger partial charge on any atom is 0.255 e. The van der Waals surface area contributed by atoms with Crippen molar-refractivity contribution in [2.75, 3.05) is 26.0 Å². The molecule has 5 heteroatoms. The fraction of sp³-hybridized carbons (Fsp3) is 0.286. The molecule has 0 radical (unpaired) electrons. The summed E-state index contributed by atoms with van der Waals surface area (Å²) in [5, 5.41) is 3.91. The number of hydrogen-bond acceptors (Lipinski definition) is 3. The number of fused-ring (bicyclic) bond motifs is 1. The number of rotatable bonds is 5. The molecule has 0 aliphatic carbocycles. The molecule has 136 valence electrons. The van der Waals surface area contributed by atoms with E-state index in [0.717, 1.165) is 35.3 Å². The van der Waals surface area contributed by atoms with Crippen molar-refractivity contribution >= 4 is 22.6 Å². The number of nitrogens with one attached hydrogen (secondary N) is 1. The number of halogens is 1. The quantitative estimate of drug-likeness (QED) is 0.731. The summed E-state index contributed by atoms with van der Waals surface area (Å²) in [7, 11) is 4.07. The van der Waals surface area contributed by atoms with Gasteiger partial charge >= 0.3 is 0 Å². The van der Waals surface area contributed by atoms with Gasteiger partial charge in [-0.1, -0.05) is 0 Å². The summed E-state index contributed by atoms with van der Waals surface area (Å²) in [5.74, 6) is 0.302. The highest BCUT2D eigenvalue weighted by atomic mass is 19.1. The first kappa shape index (κ1) is 18.1. The van der Waals surface area contributed by atoms with Gasteiger partial charge in [-0.25, -0.2) is 4.39 Å². The lowest BCUT2D eigenvalue weighted by Gasteiger charge is -2.10. The number of anilines is 1. The van der Waals surface area contributed by atoms with E-state index >= 15 is 0 Å². The topological polar surface area (TPSA) is 45.5 Å². The molecular formula is C21H23FN2O2. The van der Waals surface area contributed by atoms with Gasteiger partial charge in [0.2, 0.25) is 0 Å². The monoisotopic (exact) mass is 354 g/mol. The average molecular weight is 354 g/mol. The lowest BCUT2D eigenvalue weighted by molar-refractivity contribution is 0.102. The molecule has 0 aliphatic rings. The predicted octanol–water partition coefficient (Wildman–Crippen LogP) is 4.55. The molecule has 26 heavy (non-hydrogen) atoms. The SMILES string of the molecule is Cc1cc(F)ccc1C(=O)Nc1ccc2oc(C)c(CCN(C)C)c2c1. The van der Waals surface area contributed by atoms with Crippen LogP contribution in [-0.4, -0.2) is 31.4 Å². The number of amides is 1. The Morgan fingerprint density at radius 1 is 1.15 bits per heavy atom. The second kappa shape index (κ2) is 7.30. The van der Waals surface area contributed by atoms with Gasteiger partial charge in [-0.2, -0.15) is 0 Å².